The Bertz CT molecular complexity index is 405. The van der Waals surface area contributed by atoms with E-state index in [-0.39, 0.29) is 11.2 Å². The van der Waals surface area contributed by atoms with Gasteiger partial charge in [-0.05, 0) is 37.0 Å². The van der Waals surface area contributed by atoms with Crippen LogP contribution in [0.5, 0.6) is 0 Å². The van der Waals surface area contributed by atoms with Crippen molar-refractivity contribution in [2.45, 2.75) is 45.4 Å². The van der Waals surface area contributed by atoms with Gasteiger partial charge in [0.2, 0.25) is 0 Å². The first kappa shape index (κ1) is 12.3. The summed E-state index contributed by atoms with van der Waals surface area (Å²) in [6.45, 7) is 2.09. The Morgan fingerprint density at radius 3 is 2.65 bits per heavy atom. The number of hydrogen-bond donors (Lipinski definition) is 0. The van der Waals surface area contributed by atoms with Crippen LogP contribution in [0.4, 0.5) is 4.39 Å². The Morgan fingerprint density at radius 2 is 2.06 bits per heavy atom. The summed E-state index contributed by atoms with van der Waals surface area (Å²) in [6, 6.07) is 6.39. The van der Waals surface area contributed by atoms with Gasteiger partial charge in [-0.1, -0.05) is 31.9 Å². The van der Waals surface area contributed by atoms with Gasteiger partial charge in [0.15, 0.2) is 0 Å². The molecule has 17 heavy (non-hydrogen) atoms. The lowest BCUT2D eigenvalue weighted by Gasteiger charge is -2.25. The topological polar surface area (TPSA) is 17.1 Å². The second-order valence-electron chi connectivity index (χ2n) is 5.07. The molecule has 0 aromatic heterocycles. The molecule has 1 aromatic rings. The van der Waals surface area contributed by atoms with E-state index in [4.69, 9.17) is 0 Å². The molecule has 0 amide bonds. The highest BCUT2D eigenvalue weighted by molar-refractivity contribution is 5.87. The molecule has 1 aliphatic carbocycles. The van der Waals surface area contributed by atoms with Gasteiger partial charge in [-0.25, -0.2) is 4.39 Å². The van der Waals surface area contributed by atoms with E-state index >= 15 is 0 Å². The van der Waals surface area contributed by atoms with E-state index in [1.807, 2.05) is 6.07 Å². The van der Waals surface area contributed by atoms with Gasteiger partial charge in [0, 0.05) is 11.8 Å². The zero-order valence-electron chi connectivity index (χ0n) is 10.3. The van der Waals surface area contributed by atoms with Gasteiger partial charge < -0.3 is 0 Å². The third kappa shape index (κ3) is 2.56. The van der Waals surface area contributed by atoms with Gasteiger partial charge in [-0.15, -0.1) is 0 Å². The van der Waals surface area contributed by atoms with Crippen molar-refractivity contribution in [3.8, 4) is 0 Å². The van der Waals surface area contributed by atoms with E-state index in [0.717, 1.165) is 37.7 Å². The van der Waals surface area contributed by atoms with Crippen LogP contribution in [0.2, 0.25) is 0 Å². The van der Waals surface area contributed by atoms with Crippen LogP contribution < -0.4 is 0 Å². The summed E-state index contributed by atoms with van der Waals surface area (Å²) in [5.74, 6) is 0.0374. The van der Waals surface area contributed by atoms with E-state index in [2.05, 4.69) is 6.92 Å². The molecule has 0 atom stereocenters. The minimum atomic E-state index is -0.257. The van der Waals surface area contributed by atoms with Crippen LogP contribution in [-0.2, 0) is 11.2 Å². The molecule has 1 fully saturated rings. The van der Waals surface area contributed by atoms with E-state index in [0.29, 0.717) is 12.2 Å². The lowest BCUT2D eigenvalue weighted by atomic mass is 9.77. The smallest absolute Gasteiger partial charge is 0.143 e. The molecular weight excluding hydrogens is 215 g/mol. The van der Waals surface area contributed by atoms with Gasteiger partial charge in [-0.3, -0.25) is 4.79 Å². The van der Waals surface area contributed by atoms with Crippen molar-refractivity contribution in [2.24, 2.45) is 5.41 Å². The van der Waals surface area contributed by atoms with Crippen molar-refractivity contribution in [3.63, 3.8) is 0 Å². The number of ketones is 1. The quantitative estimate of drug-likeness (QED) is 0.772. The molecular formula is C15H19FO. The maximum atomic E-state index is 13.1. The second-order valence-corrected chi connectivity index (χ2v) is 5.07. The van der Waals surface area contributed by atoms with Crippen molar-refractivity contribution in [3.05, 3.63) is 35.6 Å². The number of rotatable bonds is 4. The molecule has 0 radical (unpaired) electrons. The van der Waals surface area contributed by atoms with Gasteiger partial charge >= 0.3 is 0 Å². The predicted octanol–water partition coefficient (Wildman–Crippen LogP) is 3.91. The van der Waals surface area contributed by atoms with Crippen molar-refractivity contribution in [1.29, 1.82) is 0 Å². The lowest BCUT2D eigenvalue weighted by molar-refractivity contribution is -0.128. The Hall–Kier alpha value is -1.18. The van der Waals surface area contributed by atoms with Crippen molar-refractivity contribution >= 4 is 5.78 Å². The molecule has 0 bridgehead atoms. The summed E-state index contributed by atoms with van der Waals surface area (Å²) >= 11 is 0. The number of halogens is 1. The summed E-state index contributed by atoms with van der Waals surface area (Å²) in [4.78, 5) is 12.4. The monoisotopic (exact) mass is 234 g/mol. The maximum Gasteiger partial charge on any atom is 0.143 e. The molecule has 0 saturated heterocycles. The number of carbonyl (C=O) groups is 1. The minimum absolute atomic E-state index is 0.119. The predicted molar refractivity (Wildman–Crippen MR) is 66.3 cm³/mol. The molecule has 0 heterocycles. The maximum absolute atomic E-state index is 13.1. The first-order valence-electron chi connectivity index (χ1n) is 6.44. The first-order valence-corrected chi connectivity index (χ1v) is 6.44. The molecule has 0 unspecified atom stereocenters. The second kappa shape index (κ2) is 4.99. The molecule has 1 nitrogen and oxygen atoms in total. The van der Waals surface area contributed by atoms with E-state index in [1.165, 1.54) is 12.1 Å². The highest BCUT2D eigenvalue weighted by Crippen LogP contribution is 2.42. The fourth-order valence-electron chi connectivity index (χ4n) is 2.90. The van der Waals surface area contributed by atoms with Crippen LogP contribution in [-0.4, -0.2) is 5.78 Å². The Labute approximate surface area is 102 Å². The Morgan fingerprint density at radius 1 is 1.35 bits per heavy atom. The van der Waals surface area contributed by atoms with E-state index in [1.54, 1.807) is 6.07 Å². The molecule has 1 saturated carbocycles. The zero-order chi connectivity index (χ0) is 12.3. The number of Topliss-reactive ketones (excluding diaryl/α,β-unsaturated/α-hetero) is 1. The average molecular weight is 234 g/mol. The fourth-order valence-corrected chi connectivity index (χ4v) is 2.90. The van der Waals surface area contributed by atoms with Crippen molar-refractivity contribution < 1.29 is 9.18 Å². The Balaban J connectivity index is 2.10. The van der Waals surface area contributed by atoms with Crippen LogP contribution in [0.25, 0.3) is 0 Å². The van der Waals surface area contributed by atoms with Gasteiger partial charge in [-0.2, -0.15) is 0 Å². The molecule has 0 aliphatic heterocycles. The van der Waals surface area contributed by atoms with Crippen LogP contribution in [0.15, 0.2) is 24.3 Å². The molecule has 92 valence electrons. The van der Waals surface area contributed by atoms with Crippen molar-refractivity contribution in [2.75, 3.05) is 0 Å². The fraction of sp³-hybridized carbons (Fsp3) is 0.533. The van der Waals surface area contributed by atoms with Crippen molar-refractivity contribution in [1.82, 2.24) is 0 Å². The first-order chi connectivity index (χ1) is 8.16. The summed E-state index contributed by atoms with van der Waals surface area (Å²) in [5, 5.41) is 0. The number of hydrogen-bond acceptors (Lipinski definition) is 1. The van der Waals surface area contributed by atoms with Crippen LogP contribution in [0, 0.1) is 11.2 Å². The third-order valence-electron chi connectivity index (χ3n) is 4.08. The molecule has 1 aliphatic rings. The standard InChI is InChI=1S/C15H19FO/c1-2-15(8-3-4-9-15)14(17)11-12-6-5-7-13(16)10-12/h5-7,10H,2-4,8-9,11H2,1H3. The minimum Gasteiger partial charge on any atom is -0.299 e. The average Bonchev–Trinajstić information content (AvgIpc) is 2.78. The third-order valence-corrected chi connectivity index (χ3v) is 4.08. The SMILES string of the molecule is CCC1(C(=O)Cc2cccc(F)c2)CCCC1. The summed E-state index contributed by atoms with van der Waals surface area (Å²) in [7, 11) is 0. The van der Waals surface area contributed by atoms with Gasteiger partial charge in [0.25, 0.3) is 0 Å². The summed E-state index contributed by atoms with van der Waals surface area (Å²) in [6.07, 6.45) is 5.63. The molecule has 0 N–H and O–H groups in total. The molecule has 2 rings (SSSR count). The highest BCUT2D eigenvalue weighted by Gasteiger charge is 2.38. The van der Waals surface area contributed by atoms with Gasteiger partial charge in [0.05, 0.1) is 0 Å². The normalized spacial score (nSPS) is 18.2. The summed E-state index contributed by atoms with van der Waals surface area (Å²) < 4.78 is 13.1. The van der Waals surface area contributed by atoms with Gasteiger partial charge in [0.1, 0.15) is 11.6 Å². The number of carbonyl (C=O) groups excluding carboxylic acids is 1. The largest absolute Gasteiger partial charge is 0.299 e. The van der Waals surface area contributed by atoms with Crippen LogP contribution in [0.1, 0.15) is 44.6 Å². The van der Waals surface area contributed by atoms with E-state index < -0.39 is 0 Å². The highest BCUT2D eigenvalue weighted by atomic mass is 19.1. The summed E-state index contributed by atoms with van der Waals surface area (Å²) in [5.41, 5.74) is 0.682. The lowest BCUT2D eigenvalue weighted by Crippen LogP contribution is -2.28. The number of benzene rings is 1. The van der Waals surface area contributed by atoms with Crippen LogP contribution >= 0.6 is 0 Å². The molecule has 2 heteroatoms. The van der Waals surface area contributed by atoms with Crippen LogP contribution in [0.3, 0.4) is 0 Å². The zero-order valence-corrected chi connectivity index (χ0v) is 10.3. The molecule has 0 spiro atoms. The molecule has 1 aromatic carbocycles. The van der Waals surface area contributed by atoms with E-state index in [9.17, 15) is 9.18 Å². The Kier molecular flexibility index (Phi) is 3.60.